The number of sulfone groups is 1. The third-order valence-electron chi connectivity index (χ3n) is 5.06. The minimum atomic E-state index is -3.29. The van der Waals surface area contributed by atoms with Gasteiger partial charge in [-0.2, -0.15) is 5.26 Å². The smallest absolute Gasteiger partial charge is 0.271 e. The van der Waals surface area contributed by atoms with Gasteiger partial charge >= 0.3 is 0 Å². The van der Waals surface area contributed by atoms with Gasteiger partial charge in [0.25, 0.3) is 5.56 Å². The van der Waals surface area contributed by atoms with E-state index in [0.29, 0.717) is 17.2 Å². The van der Waals surface area contributed by atoms with Crippen molar-refractivity contribution in [2.75, 3.05) is 18.3 Å². The fourth-order valence-electron chi connectivity index (χ4n) is 3.52. The van der Waals surface area contributed by atoms with Crippen molar-refractivity contribution in [3.05, 3.63) is 45.2 Å². The lowest BCUT2D eigenvalue weighted by molar-refractivity contribution is 0.174. The molecule has 10 heteroatoms. The van der Waals surface area contributed by atoms with Gasteiger partial charge in [0.15, 0.2) is 21.3 Å². The molecule has 1 aromatic heterocycles. The second-order valence-electron chi connectivity index (χ2n) is 6.88. The maximum absolute atomic E-state index is 12.7. The van der Waals surface area contributed by atoms with Gasteiger partial charge < -0.3 is 14.6 Å². The molecule has 29 heavy (non-hydrogen) atoms. The molecular formula is C19H17N3O6S. The van der Waals surface area contributed by atoms with Crippen molar-refractivity contribution in [2.24, 2.45) is 4.99 Å². The van der Waals surface area contributed by atoms with Crippen molar-refractivity contribution in [1.29, 1.82) is 5.26 Å². The Kier molecular flexibility index (Phi) is 4.55. The van der Waals surface area contributed by atoms with E-state index >= 15 is 0 Å². The van der Waals surface area contributed by atoms with Crippen LogP contribution in [0.4, 0.5) is 5.69 Å². The third kappa shape index (κ3) is 3.34. The van der Waals surface area contributed by atoms with Crippen molar-refractivity contribution in [2.45, 2.75) is 19.4 Å². The van der Waals surface area contributed by atoms with Gasteiger partial charge in [-0.1, -0.05) is 0 Å². The fourth-order valence-corrected chi connectivity index (χ4v) is 5.22. The molecule has 0 saturated carbocycles. The van der Waals surface area contributed by atoms with Crippen LogP contribution in [-0.2, 0) is 9.84 Å². The quantitative estimate of drug-likeness (QED) is 0.753. The van der Waals surface area contributed by atoms with Gasteiger partial charge in [0, 0.05) is 12.3 Å². The lowest BCUT2D eigenvalue weighted by Gasteiger charge is -2.18. The number of fused-ring (bicyclic) bond motifs is 1. The molecule has 2 aliphatic heterocycles. The van der Waals surface area contributed by atoms with Gasteiger partial charge in [-0.05, 0) is 31.0 Å². The molecule has 2 aliphatic rings. The summed E-state index contributed by atoms with van der Waals surface area (Å²) < 4.78 is 35.2. The molecule has 1 atom stereocenters. The second kappa shape index (κ2) is 6.93. The molecule has 3 heterocycles. The Labute approximate surface area is 166 Å². The molecular weight excluding hydrogens is 398 g/mol. The Bertz CT molecular complexity index is 1240. The van der Waals surface area contributed by atoms with E-state index in [1.54, 1.807) is 18.2 Å². The summed E-state index contributed by atoms with van der Waals surface area (Å²) in [6, 6.07) is 6.19. The van der Waals surface area contributed by atoms with E-state index in [0.717, 1.165) is 4.57 Å². The molecule has 1 saturated heterocycles. The zero-order chi connectivity index (χ0) is 20.8. The maximum atomic E-state index is 12.7. The van der Waals surface area contributed by atoms with Crippen molar-refractivity contribution in [1.82, 2.24) is 4.57 Å². The lowest BCUT2D eigenvalue weighted by Crippen LogP contribution is -2.29. The Morgan fingerprint density at radius 2 is 2.10 bits per heavy atom. The van der Waals surface area contributed by atoms with Crippen molar-refractivity contribution < 1.29 is 23.0 Å². The van der Waals surface area contributed by atoms with Crippen LogP contribution >= 0.6 is 0 Å². The molecule has 0 aliphatic carbocycles. The minimum absolute atomic E-state index is 0.0695. The van der Waals surface area contributed by atoms with E-state index in [1.807, 2.05) is 6.07 Å². The van der Waals surface area contributed by atoms with Crippen molar-refractivity contribution in [3.63, 3.8) is 0 Å². The highest BCUT2D eigenvalue weighted by atomic mass is 32.2. The van der Waals surface area contributed by atoms with E-state index in [2.05, 4.69) is 4.99 Å². The monoisotopic (exact) mass is 415 g/mol. The molecule has 1 N–H and O–H groups in total. The van der Waals surface area contributed by atoms with Gasteiger partial charge in [-0.15, -0.1) is 0 Å². The first kappa shape index (κ1) is 19.0. The zero-order valence-electron chi connectivity index (χ0n) is 15.5. The predicted molar refractivity (Wildman–Crippen MR) is 104 cm³/mol. The molecule has 4 rings (SSSR count). The Morgan fingerprint density at radius 3 is 2.79 bits per heavy atom. The van der Waals surface area contributed by atoms with Crippen LogP contribution in [0.1, 0.15) is 29.2 Å². The zero-order valence-corrected chi connectivity index (χ0v) is 16.3. The van der Waals surface area contributed by atoms with Crippen LogP contribution in [0, 0.1) is 18.3 Å². The number of rotatable bonds is 3. The topological polar surface area (TPSA) is 131 Å². The summed E-state index contributed by atoms with van der Waals surface area (Å²) in [5, 5.41) is 20.2. The largest absolute Gasteiger partial charge is 0.494 e. The molecule has 1 fully saturated rings. The average molecular weight is 415 g/mol. The number of ether oxygens (including phenoxy) is 2. The average Bonchev–Trinajstić information content (AvgIpc) is 3.27. The molecule has 0 unspecified atom stereocenters. The van der Waals surface area contributed by atoms with Gasteiger partial charge in [0.2, 0.25) is 12.7 Å². The molecule has 1 aromatic carbocycles. The minimum Gasteiger partial charge on any atom is -0.494 e. The number of nitriles is 1. The maximum Gasteiger partial charge on any atom is 0.271 e. The molecule has 0 radical (unpaired) electrons. The fraction of sp³-hybridized carbons (Fsp3) is 0.316. The summed E-state index contributed by atoms with van der Waals surface area (Å²) in [6.45, 7) is 1.67. The molecule has 0 spiro atoms. The third-order valence-corrected chi connectivity index (χ3v) is 6.82. The SMILES string of the molecule is Cc1c(C=Nc2ccc3c(c2)OCO3)c(O)n([C@@H]2CCS(=O)(=O)C2)c(=O)c1C#N. The number of aromatic hydroxyl groups is 1. The molecule has 2 aromatic rings. The summed E-state index contributed by atoms with van der Waals surface area (Å²) in [5.74, 6) is 0.413. The van der Waals surface area contributed by atoms with E-state index in [-0.39, 0.29) is 41.4 Å². The Balaban J connectivity index is 1.80. The number of nitrogens with zero attached hydrogens (tertiary/aromatic N) is 3. The Morgan fingerprint density at radius 1 is 1.34 bits per heavy atom. The van der Waals surface area contributed by atoms with E-state index in [9.17, 15) is 23.6 Å². The van der Waals surface area contributed by atoms with Gasteiger partial charge in [0.05, 0.1) is 28.8 Å². The predicted octanol–water partition coefficient (Wildman–Crippen LogP) is 1.57. The van der Waals surface area contributed by atoms with E-state index < -0.39 is 27.3 Å². The number of hydrogen-bond donors (Lipinski definition) is 1. The summed E-state index contributed by atoms with van der Waals surface area (Å²) in [7, 11) is -3.29. The summed E-state index contributed by atoms with van der Waals surface area (Å²) >= 11 is 0. The highest BCUT2D eigenvalue weighted by molar-refractivity contribution is 7.91. The summed E-state index contributed by atoms with van der Waals surface area (Å²) in [5.41, 5.74) is 0.122. The van der Waals surface area contributed by atoms with Crippen LogP contribution in [0.2, 0.25) is 0 Å². The summed E-state index contributed by atoms with van der Waals surface area (Å²) in [4.78, 5) is 17.0. The van der Waals surface area contributed by atoms with Crippen LogP contribution in [0.25, 0.3) is 0 Å². The number of hydrogen-bond acceptors (Lipinski definition) is 8. The van der Waals surface area contributed by atoms with Crippen LogP contribution in [0.5, 0.6) is 17.4 Å². The summed E-state index contributed by atoms with van der Waals surface area (Å²) in [6.07, 6.45) is 1.55. The first-order valence-corrected chi connectivity index (χ1v) is 10.6. The standard InChI is InChI=1S/C19H17N3O6S/c1-11-14(7-20)18(23)22(13-4-5-29(25,26)9-13)19(24)15(11)8-21-12-2-3-16-17(6-12)28-10-27-16/h2-3,6,8,13,24H,4-5,9-10H2,1H3/t13-/m1/s1. The van der Waals surface area contributed by atoms with Gasteiger partial charge in [-0.25, -0.2) is 8.42 Å². The van der Waals surface area contributed by atoms with Crippen molar-refractivity contribution >= 4 is 21.7 Å². The second-order valence-corrected chi connectivity index (χ2v) is 9.11. The van der Waals surface area contributed by atoms with E-state index in [4.69, 9.17) is 9.47 Å². The highest BCUT2D eigenvalue weighted by Crippen LogP contribution is 2.35. The molecule has 150 valence electrons. The normalized spacial score (nSPS) is 19.5. The highest BCUT2D eigenvalue weighted by Gasteiger charge is 2.33. The van der Waals surface area contributed by atoms with Crippen LogP contribution in [0.3, 0.4) is 0 Å². The Hall–Kier alpha value is -3.32. The van der Waals surface area contributed by atoms with Crippen molar-refractivity contribution in [3.8, 4) is 23.4 Å². The van der Waals surface area contributed by atoms with Gasteiger partial charge in [0.1, 0.15) is 11.6 Å². The molecule has 0 bridgehead atoms. The number of benzene rings is 1. The van der Waals surface area contributed by atoms with E-state index in [1.165, 1.54) is 13.1 Å². The van der Waals surface area contributed by atoms with Crippen LogP contribution in [0.15, 0.2) is 28.0 Å². The van der Waals surface area contributed by atoms with Crippen LogP contribution in [-0.4, -0.2) is 42.6 Å². The van der Waals surface area contributed by atoms with Gasteiger partial charge in [-0.3, -0.25) is 14.4 Å². The number of pyridine rings is 1. The van der Waals surface area contributed by atoms with Crippen LogP contribution < -0.4 is 15.0 Å². The first-order chi connectivity index (χ1) is 13.8. The lowest BCUT2D eigenvalue weighted by atomic mass is 10.0. The number of aliphatic imine (C=N–C) groups is 1. The first-order valence-electron chi connectivity index (χ1n) is 8.83. The number of aromatic nitrogens is 1. The molecule has 0 amide bonds. The molecule has 9 nitrogen and oxygen atoms in total.